The normalized spacial score (nSPS) is 16.6. The van der Waals surface area contributed by atoms with E-state index in [1.165, 1.54) is 0 Å². The molecule has 7 heteroatoms. The first-order valence-electron chi connectivity index (χ1n) is 9.30. The second kappa shape index (κ2) is 8.22. The molecule has 4 rings (SSSR count). The fourth-order valence-corrected chi connectivity index (χ4v) is 3.19. The number of anilines is 1. The Morgan fingerprint density at radius 2 is 1.93 bits per heavy atom. The van der Waals surface area contributed by atoms with Crippen LogP contribution in [-0.2, 0) is 0 Å². The van der Waals surface area contributed by atoms with Crippen molar-refractivity contribution in [3.8, 4) is 28.8 Å². The number of aromatic nitrogens is 3. The highest BCUT2D eigenvalue weighted by molar-refractivity contribution is 5.61. The van der Waals surface area contributed by atoms with E-state index in [2.05, 4.69) is 27.1 Å². The molecule has 0 spiro atoms. The molecule has 1 N–H and O–H groups in total. The summed E-state index contributed by atoms with van der Waals surface area (Å²) in [5.74, 6) is 2.60. The highest BCUT2D eigenvalue weighted by Gasteiger charge is 2.22. The molecule has 0 bridgehead atoms. The lowest BCUT2D eigenvalue weighted by Crippen LogP contribution is -2.49. The molecule has 144 valence electrons. The van der Waals surface area contributed by atoms with Crippen LogP contribution in [0.4, 0.5) is 5.69 Å². The smallest absolute Gasteiger partial charge is 0.246 e. The topological polar surface area (TPSA) is 72.4 Å². The van der Waals surface area contributed by atoms with E-state index in [1.54, 1.807) is 19.5 Å². The van der Waals surface area contributed by atoms with Gasteiger partial charge in [-0.2, -0.15) is 4.98 Å². The minimum absolute atomic E-state index is 0.389. The van der Waals surface area contributed by atoms with Crippen molar-refractivity contribution in [3.05, 3.63) is 55.0 Å². The molecule has 0 saturated carbocycles. The van der Waals surface area contributed by atoms with Gasteiger partial charge in [0, 0.05) is 43.6 Å². The van der Waals surface area contributed by atoms with Gasteiger partial charge in [0.2, 0.25) is 5.88 Å². The van der Waals surface area contributed by atoms with E-state index in [-0.39, 0.29) is 0 Å². The van der Waals surface area contributed by atoms with Gasteiger partial charge in [-0.1, -0.05) is 0 Å². The molecule has 0 aliphatic carbocycles. The van der Waals surface area contributed by atoms with Crippen LogP contribution in [0.25, 0.3) is 11.4 Å². The molecular formula is C21H23N5O2. The summed E-state index contributed by atoms with van der Waals surface area (Å²) >= 11 is 0. The number of pyridine rings is 1. The van der Waals surface area contributed by atoms with Gasteiger partial charge in [-0.3, -0.25) is 4.98 Å². The molecule has 0 radical (unpaired) electrons. The van der Waals surface area contributed by atoms with Crippen LogP contribution in [0.15, 0.2) is 55.0 Å². The molecule has 1 aliphatic heterocycles. The molecule has 7 nitrogen and oxygen atoms in total. The molecule has 1 saturated heterocycles. The van der Waals surface area contributed by atoms with Gasteiger partial charge in [-0.25, -0.2) is 4.98 Å². The van der Waals surface area contributed by atoms with Gasteiger partial charge >= 0.3 is 0 Å². The van der Waals surface area contributed by atoms with Gasteiger partial charge in [-0.05, 0) is 43.3 Å². The van der Waals surface area contributed by atoms with Crippen LogP contribution in [-0.4, -0.2) is 47.7 Å². The van der Waals surface area contributed by atoms with E-state index in [0.29, 0.717) is 23.5 Å². The number of rotatable bonds is 5. The van der Waals surface area contributed by atoms with Gasteiger partial charge in [0.1, 0.15) is 17.2 Å². The molecule has 1 aliphatic rings. The van der Waals surface area contributed by atoms with Gasteiger partial charge in [-0.15, -0.1) is 0 Å². The number of benzene rings is 1. The predicted octanol–water partition coefficient (Wildman–Crippen LogP) is 3.14. The van der Waals surface area contributed by atoms with Crippen molar-refractivity contribution in [2.45, 2.75) is 13.0 Å². The van der Waals surface area contributed by atoms with E-state index in [0.717, 1.165) is 36.6 Å². The number of hydrogen-bond acceptors (Lipinski definition) is 7. The van der Waals surface area contributed by atoms with Crippen molar-refractivity contribution in [1.82, 2.24) is 20.3 Å². The van der Waals surface area contributed by atoms with Crippen LogP contribution in [0, 0.1) is 0 Å². The Morgan fingerprint density at radius 3 is 2.64 bits per heavy atom. The number of ether oxygens (including phenoxy) is 2. The quantitative estimate of drug-likeness (QED) is 0.732. The van der Waals surface area contributed by atoms with Crippen molar-refractivity contribution in [1.29, 1.82) is 0 Å². The van der Waals surface area contributed by atoms with Gasteiger partial charge < -0.3 is 19.7 Å². The number of nitrogens with zero attached hydrogens (tertiary/aromatic N) is 4. The molecular weight excluding hydrogens is 354 g/mol. The third-order valence-corrected chi connectivity index (χ3v) is 4.64. The lowest BCUT2D eigenvalue weighted by Gasteiger charge is -2.33. The largest absolute Gasteiger partial charge is 0.497 e. The molecule has 2 aromatic heterocycles. The van der Waals surface area contributed by atoms with E-state index in [4.69, 9.17) is 14.5 Å². The Kier molecular flexibility index (Phi) is 5.34. The van der Waals surface area contributed by atoms with Crippen LogP contribution >= 0.6 is 0 Å². The minimum atomic E-state index is 0.389. The highest BCUT2D eigenvalue weighted by atomic mass is 16.5. The Hall–Kier alpha value is -3.19. The number of nitrogens with one attached hydrogen (secondary N) is 1. The van der Waals surface area contributed by atoms with Crippen molar-refractivity contribution < 1.29 is 9.47 Å². The van der Waals surface area contributed by atoms with Crippen molar-refractivity contribution in [3.63, 3.8) is 0 Å². The zero-order chi connectivity index (χ0) is 19.3. The number of methoxy groups -OCH3 is 1. The van der Waals surface area contributed by atoms with Crippen LogP contribution in [0.2, 0.25) is 0 Å². The first-order valence-corrected chi connectivity index (χ1v) is 9.30. The summed E-state index contributed by atoms with van der Waals surface area (Å²) in [7, 11) is 1.64. The number of piperazine rings is 1. The monoisotopic (exact) mass is 377 g/mol. The Bertz CT molecular complexity index is 918. The lowest BCUT2D eigenvalue weighted by atomic mass is 10.2. The van der Waals surface area contributed by atoms with E-state index >= 15 is 0 Å². The zero-order valence-electron chi connectivity index (χ0n) is 16.0. The minimum Gasteiger partial charge on any atom is -0.497 e. The van der Waals surface area contributed by atoms with E-state index in [9.17, 15) is 0 Å². The average molecular weight is 377 g/mol. The van der Waals surface area contributed by atoms with Crippen LogP contribution in [0.3, 0.4) is 0 Å². The molecule has 1 unspecified atom stereocenters. The van der Waals surface area contributed by atoms with Gasteiger partial charge in [0.05, 0.1) is 13.3 Å². The van der Waals surface area contributed by atoms with Crippen molar-refractivity contribution in [2.24, 2.45) is 0 Å². The van der Waals surface area contributed by atoms with Crippen molar-refractivity contribution >= 4 is 5.69 Å². The third kappa shape index (κ3) is 4.04. The third-order valence-electron chi connectivity index (χ3n) is 4.64. The van der Waals surface area contributed by atoms with Gasteiger partial charge in [0.15, 0.2) is 5.82 Å². The molecule has 3 heterocycles. The van der Waals surface area contributed by atoms with Gasteiger partial charge in [0.25, 0.3) is 0 Å². The van der Waals surface area contributed by atoms with Crippen molar-refractivity contribution in [2.75, 3.05) is 31.6 Å². The summed E-state index contributed by atoms with van der Waals surface area (Å²) in [5.41, 5.74) is 1.74. The lowest BCUT2D eigenvalue weighted by molar-refractivity contribution is 0.411. The molecule has 1 fully saturated rings. The fourth-order valence-electron chi connectivity index (χ4n) is 3.19. The van der Waals surface area contributed by atoms with Crippen LogP contribution < -0.4 is 19.7 Å². The van der Waals surface area contributed by atoms with E-state index in [1.807, 2.05) is 42.6 Å². The second-order valence-electron chi connectivity index (χ2n) is 6.70. The zero-order valence-corrected chi connectivity index (χ0v) is 16.0. The predicted molar refractivity (Wildman–Crippen MR) is 108 cm³/mol. The molecule has 1 atom stereocenters. The highest BCUT2D eigenvalue weighted by Crippen LogP contribution is 2.33. The molecule has 1 aromatic carbocycles. The first-order chi connectivity index (χ1) is 13.7. The second-order valence-corrected chi connectivity index (χ2v) is 6.70. The summed E-state index contributed by atoms with van der Waals surface area (Å²) in [6, 6.07) is 11.7. The molecule has 3 aromatic rings. The first kappa shape index (κ1) is 18.2. The van der Waals surface area contributed by atoms with Crippen LogP contribution in [0.5, 0.6) is 17.4 Å². The Labute approximate surface area is 164 Å². The van der Waals surface area contributed by atoms with Crippen LogP contribution in [0.1, 0.15) is 6.92 Å². The summed E-state index contributed by atoms with van der Waals surface area (Å²) in [5, 5.41) is 3.46. The summed E-state index contributed by atoms with van der Waals surface area (Å²) in [4.78, 5) is 15.7. The summed E-state index contributed by atoms with van der Waals surface area (Å²) in [6.45, 7) is 4.82. The maximum atomic E-state index is 6.17. The number of hydrogen-bond donors (Lipinski definition) is 1. The maximum Gasteiger partial charge on any atom is 0.246 e. The maximum absolute atomic E-state index is 6.17. The summed E-state index contributed by atoms with van der Waals surface area (Å²) < 4.78 is 11.4. The summed E-state index contributed by atoms with van der Waals surface area (Å²) in [6.07, 6.45) is 5.32. The molecule has 0 amide bonds. The average Bonchev–Trinajstić information content (AvgIpc) is 2.75. The SMILES string of the molecule is COc1ccc(Oc2nc(-c3cccnc3)ncc2N2CCNC(C)C2)cc1. The standard InChI is InChI=1S/C21H23N5O2/c1-15-14-26(11-10-23-15)19-13-24-20(16-4-3-9-22-12-16)25-21(19)28-18-7-5-17(27-2)6-8-18/h3-9,12-13,15,23H,10-11,14H2,1-2H3. The Morgan fingerprint density at radius 1 is 1.11 bits per heavy atom. The van der Waals surface area contributed by atoms with E-state index < -0.39 is 0 Å². The molecule has 28 heavy (non-hydrogen) atoms. The Balaban J connectivity index is 1.70. The fraction of sp³-hybridized carbons (Fsp3) is 0.286.